The Morgan fingerprint density at radius 2 is 2.18 bits per heavy atom. The van der Waals surface area contributed by atoms with E-state index in [0.29, 0.717) is 5.69 Å². The molecule has 3 aromatic heterocycles. The van der Waals surface area contributed by atoms with Gasteiger partial charge in [0.2, 0.25) is 0 Å². The molecule has 0 saturated heterocycles. The Bertz CT molecular complexity index is 670. The number of fused-ring (bicyclic) bond motifs is 1. The smallest absolute Gasteiger partial charge is 0.182 e. The van der Waals surface area contributed by atoms with Crippen molar-refractivity contribution in [2.75, 3.05) is 5.73 Å². The van der Waals surface area contributed by atoms with Gasteiger partial charge in [-0.05, 0) is 30.1 Å². The Morgan fingerprint density at radius 3 is 3.00 bits per heavy atom. The number of anilines is 1. The van der Waals surface area contributed by atoms with Crippen molar-refractivity contribution in [2.24, 2.45) is 0 Å². The molecule has 0 fully saturated rings. The van der Waals surface area contributed by atoms with E-state index in [1.807, 2.05) is 23.6 Å². The number of hydrogen-bond donors (Lipinski definition) is 1. The van der Waals surface area contributed by atoms with E-state index in [1.54, 1.807) is 6.07 Å². The molecule has 0 bridgehead atoms. The maximum absolute atomic E-state index is 5.77. The molecule has 17 heavy (non-hydrogen) atoms. The van der Waals surface area contributed by atoms with Crippen LogP contribution in [0.15, 0.2) is 18.3 Å². The maximum Gasteiger partial charge on any atom is 0.182 e. The fourth-order valence-electron chi connectivity index (χ4n) is 1.67. The van der Waals surface area contributed by atoms with Crippen LogP contribution in [0.25, 0.3) is 16.3 Å². The van der Waals surface area contributed by atoms with Crippen LogP contribution in [0.2, 0.25) is 0 Å². The van der Waals surface area contributed by atoms with Crippen LogP contribution in [0, 0.1) is 0 Å². The highest BCUT2D eigenvalue weighted by atomic mass is 32.1. The molecule has 0 saturated carbocycles. The van der Waals surface area contributed by atoms with Crippen molar-refractivity contribution < 1.29 is 0 Å². The summed E-state index contributed by atoms with van der Waals surface area (Å²) in [6.07, 6.45) is 2.63. The van der Waals surface area contributed by atoms with E-state index in [9.17, 15) is 0 Å². The second-order valence-electron chi connectivity index (χ2n) is 3.62. The minimum absolute atomic E-state index is 0.675. The molecule has 6 nitrogen and oxygen atoms in total. The van der Waals surface area contributed by atoms with Crippen molar-refractivity contribution in [3.63, 3.8) is 0 Å². The monoisotopic (exact) mass is 246 g/mol. The van der Waals surface area contributed by atoms with Crippen molar-refractivity contribution in [1.29, 1.82) is 0 Å². The highest BCUT2D eigenvalue weighted by Crippen LogP contribution is 2.25. The zero-order chi connectivity index (χ0) is 11.8. The summed E-state index contributed by atoms with van der Waals surface area (Å²) < 4.78 is 5.82. The molecular weight excluding hydrogens is 236 g/mol. The molecule has 86 valence electrons. The minimum Gasteiger partial charge on any atom is -0.398 e. The highest BCUT2D eigenvalue weighted by Gasteiger charge is 2.15. The Balaban J connectivity index is 2.27. The SMILES string of the molecule is CCc1nnsc1-c1nnc2ccc(N)cn12. The van der Waals surface area contributed by atoms with E-state index in [2.05, 4.69) is 19.8 Å². The van der Waals surface area contributed by atoms with Gasteiger partial charge in [0.25, 0.3) is 0 Å². The molecule has 0 aliphatic rings. The van der Waals surface area contributed by atoms with Gasteiger partial charge >= 0.3 is 0 Å². The van der Waals surface area contributed by atoms with E-state index >= 15 is 0 Å². The molecule has 0 aliphatic carbocycles. The summed E-state index contributed by atoms with van der Waals surface area (Å²) in [6, 6.07) is 3.64. The van der Waals surface area contributed by atoms with E-state index in [4.69, 9.17) is 5.73 Å². The Morgan fingerprint density at radius 1 is 1.29 bits per heavy atom. The van der Waals surface area contributed by atoms with Gasteiger partial charge in [-0.1, -0.05) is 11.4 Å². The fourth-order valence-corrected chi connectivity index (χ4v) is 2.40. The lowest BCUT2D eigenvalue weighted by Crippen LogP contribution is -1.93. The predicted octanol–water partition coefficient (Wildman–Crippen LogP) is 1.39. The van der Waals surface area contributed by atoms with Crippen molar-refractivity contribution in [3.05, 3.63) is 24.0 Å². The van der Waals surface area contributed by atoms with E-state index in [0.717, 1.165) is 28.5 Å². The summed E-state index contributed by atoms with van der Waals surface area (Å²) in [7, 11) is 0. The number of aromatic nitrogens is 5. The first-order chi connectivity index (χ1) is 8.29. The van der Waals surface area contributed by atoms with Crippen LogP contribution < -0.4 is 5.73 Å². The minimum atomic E-state index is 0.675. The number of nitrogen functional groups attached to an aromatic ring is 1. The largest absolute Gasteiger partial charge is 0.398 e. The normalized spacial score (nSPS) is 11.1. The standard InChI is InChI=1S/C10H10N6S/c1-2-7-9(17-15-12-7)10-14-13-8-4-3-6(11)5-16(8)10/h3-5H,2,11H2,1H3. The number of nitrogens with zero attached hydrogens (tertiary/aromatic N) is 5. The van der Waals surface area contributed by atoms with Gasteiger partial charge in [0.15, 0.2) is 11.5 Å². The first-order valence-corrected chi connectivity index (χ1v) is 5.99. The highest BCUT2D eigenvalue weighted by molar-refractivity contribution is 7.09. The van der Waals surface area contributed by atoms with E-state index in [1.165, 1.54) is 11.5 Å². The van der Waals surface area contributed by atoms with Crippen LogP contribution in [-0.2, 0) is 6.42 Å². The maximum atomic E-state index is 5.77. The van der Waals surface area contributed by atoms with Gasteiger partial charge < -0.3 is 5.73 Å². The van der Waals surface area contributed by atoms with Crippen LogP contribution in [-0.4, -0.2) is 24.2 Å². The summed E-state index contributed by atoms with van der Waals surface area (Å²) >= 11 is 1.33. The average molecular weight is 246 g/mol. The number of rotatable bonds is 2. The molecule has 3 rings (SSSR count). The van der Waals surface area contributed by atoms with Gasteiger partial charge in [-0.25, -0.2) is 0 Å². The number of pyridine rings is 1. The summed E-state index contributed by atoms with van der Waals surface area (Å²) in [5.74, 6) is 0.749. The summed E-state index contributed by atoms with van der Waals surface area (Å²) in [5, 5.41) is 12.4. The van der Waals surface area contributed by atoms with Crippen LogP contribution in [0.3, 0.4) is 0 Å². The predicted molar refractivity (Wildman–Crippen MR) is 65.7 cm³/mol. The molecule has 3 aromatic rings. The molecular formula is C10H10N6S. The Labute approximate surface area is 101 Å². The molecule has 2 N–H and O–H groups in total. The molecule has 0 atom stereocenters. The lowest BCUT2D eigenvalue weighted by Gasteiger charge is -1.99. The summed E-state index contributed by atoms with van der Waals surface area (Å²) in [4.78, 5) is 0.950. The van der Waals surface area contributed by atoms with Crippen molar-refractivity contribution >= 4 is 22.9 Å². The van der Waals surface area contributed by atoms with Crippen molar-refractivity contribution in [3.8, 4) is 10.7 Å². The van der Waals surface area contributed by atoms with Gasteiger partial charge in [0, 0.05) is 11.9 Å². The Hall–Kier alpha value is -2.02. The zero-order valence-electron chi connectivity index (χ0n) is 9.16. The first-order valence-electron chi connectivity index (χ1n) is 5.21. The zero-order valence-corrected chi connectivity index (χ0v) is 9.98. The van der Waals surface area contributed by atoms with E-state index < -0.39 is 0 Å². The molecule has 0 spiro atoms. The van der Waals surface area contributed by atoms with Gasteiger partial charge in [-0.15, -0.1) is 15.3 Å². The van der Waals surface area contributed by atoms with Gasteiger partial charge in [0.1, 0.15) is 4.88 Å². The van der Waals surface area contributed by atoms with Crippen LogP contribution in [0.1, 0.15) is 12.6 Å². The second-order valence-corrected chi connectivity index (χ2v) is 4.37. The van der Waals surface area contributed by atoms with Gasteiger partial charge in [-0.2, -0.15) is 0 Å². The lowest BCUT2D eigenvalue weighted by atomic mass is 10.3. The quantitative estimate of drug-likeness (QED) is 0.739. The van der Waals surface area contributed by atoms with Gasteiger partial charge in [-0.3, -0.25) is 4.40 Å². The fraction of sp³-hybridized carbons (Fsp3) is 0.200. The van der Waals surface area contributed by atoms with Crippen LogP contribution in [0.5, 0.6) is 0 Å². The number of hydrogen-bond acceptors (Lipinski definition) is 6. The van der Waals surface area contributed by atoms with Crippen molar-refractivity contribution in [2.45, 2.75) is 13.3 Å². The summed E-state index contributed by atoms with van der Waals surface area (Å²) in [6.45, 7) is 2.04. The Kier molecular flexibility index (Phi) is 2.25. The molecule has 0 aliphatic heterocycles. The summed E-state index contributed by atoms with van der Waals surface area (Å²) in [5.41, 5.74) is 8.15. The van der Waals surface area contributed by atoms with E-state index in [-0.39, 0.29) is 0 Å². The second kappa shape index (κ2) is 3.77. The third kappa shape index (κ3) is 1.55. The average Bonchev–Trinajstić information content (AvgIpc) is 2.93. The molecule has 3 heterocycles. The topological polar surface area (TPSA) is 82.0 Å². The molecule has 0 amide bonds. The molecule has 7 heteroatoms. The van der Waals surface area contributed by atoms with Gasteiger partial charge in [0.05, 0.1) is 5.69 Å². The third-order valence-electron chi connectivity index (χ3n) is 2.52. The number of aryl methyl sites for hydroxylation is 1. The van der Waals surface area contributed by atoms with Crippen LogP contribution in [0.4, 0.5) is 5.69 Å². The third-order valence-corrected chi connectivity index (χ3v) is 3.28. The molecule has 0 radical (unpaired) electrons. The molecule has 0 unspecified atom stereocenters. The number of nitrogens with two attached hydrogens (primary N) is 1. The van der Waals surface area contributed by atoms with Crippen LogP contribution >= 0.6 is 11.5 Å². The lowest BCUT2D eigenvalue weighted by molar-refractivity contribution is 0.985. The van der Waals surface area contributed by atoms with Crippen molar-refractivity contribution in [1.82, 2.24) is 24.2 Å². The first kappa shape index (κ1) is 10.2. The molecule has 0 aromatic carbocycles.